The first-order valence-corrected chi connectivity index (χ1v) is 11.7. The molecule has 1 unspecified atom stereocenters. The van der Waals surface area contributed by atoms with Gasteiger partial charge in [0.15, 0.2) is 0 Å². The molecule has 4 rings (SSSR count). The van der Waals surface area contributed by atoms with Gasteiger partial charge in [-0.15, -0.1) is 0 Å². The fourth-order valence-corrected chi connectivity index (χ4v) is 4.73. The van der Waals surface area contributed by atoms with Gasteiger partial charge in [0.2, 0.25) is 11.8 Å². The standard InChI is InChI=1S/C26H33N3O4/c1-32-22-8-5-20(24(15-22)33-2)17-27-16-18-11-13-29(14-12-18)21-6-3-19(4-7-21)23-9-10-25(30)28-26(23)31/h3-8,15,18,23,27H,9-14,16-17H2,1-2H3,(H,28,30,31). The third kappa shape index (κ3) is 5.66. The number of nitrogens with one attached hydrogen (secondary N) is 2. The third-order valence-electron chi connectivity index (χ3n) is 6.76. The molecule has 0 bridgehead atoms. The van der Waals surface area contributed by atoms with Gasteiger partial charge in [0.25, 0.3) is 0 Å². The molecule has 2 amide bonds. The Morgan fingerprint density at radius 3 is 2.42 bits per heavy atom. The zero-order valence-electron chi connectivity index (χ0n) is 19.4. The summed E-state index contributed by atoms with van der Waals surface area (Å²) in [6.45, 7) is 3.80. The number of anilines is 1. The van der Waals surface area contributed by atoms with E-state index in [0.717, 1.165) is 61.6 Å². The van der Waals surface area contributed by atoms with E-state index in [-0.39, 0.29) is 17.7 Å². The Labute approximate surface area is 195 Å². The van der Waals surface area contributed by atoms with Gasteiger partial charge in [-0.2, -0.15) is 0 Å². The van der Waals surface area contributed by atoms with Crippen LogP contribution in [0.3, 0.4) is 0 Å². The Balaban J connectivity index is 1.24. The van der Waals surface area contributed by atoms with Crippen LogP contribution in [0.4, 0.5) is 5.69 Å². The number of ether oxygens (including phenoxy) is 2. The van der Waals surface area contributed by atoms with Crippen molar-refractivity contribution in [1.82, 2.24) is 10.6 Å². The molecule has 7 nitrogen and oxygen atoms in total. The maximum atomic E-state index is 12.1. The summed E-state index contributed by atoms with van der Waals surface area (Å²) in [6, 6.07) is 14.2. The van der Waals surface area contributed by atoms with E-state index in [2.05, 4.69) is 27.7 Å². The van der Waals surface area contributed by atoms with Gasteiger partial charge in [-0.1, -0.05) is 18.2 Å². The monoisotopic (exact) mass is 451 g/mol. The van der Waals surface area contributed by atoms with E-state index in [9.17, 15) is 9.59 Å². The topological polar surface area (TPSA) is 79.9 Å². The molecule has 0 radical (unpaired) electrons. The van der Waals surface area contributed by atoms with E-state index in [0.29, 0.717) is 18.8 Å². The molecule has 176 valence electrons. The van der Waals surface area contributed by atoms with Crippen molar-refractivity contribution in [2.45, 2.75) is 38.1 Å². The number of hydrogen-bond acceptors (Lipinski definition) is 6. The Morgan fingerprint density at radius 1 is 1.00 bits per heavy atom. The predicted molar refractivity (Wildman–Crippen MR) is 128 cm³/mol. The average Bonchev–Trinajstić information content (AvgIpc) is 2.85. The maximum Gasteiger partial charge on any atom is 0.234 e. The van der Waals surface area contributed by atoms with E-state index < -0.39 is 0 Å². The molecule has 7 heteroatoms. The largest absolute Gasteiger partial charge is 0.497 e. The highest BCUT2D eigenvalue weighted by Gasteiger charge is 2.28. The number of hydrogen-bond donors (Lipinski definition) is 2. The van der Waals surface area contributed by atoms with Crippen molar-refractivity contribution in [2.75, 3.05) is 38.8 Å². The zero-order chi connectivity index (χ0) is 23.2. The number of benzene rings is 2. The molecule has 2 saturated heterocycles. The van der Waals surface area contributed by atoms with Gasteiger partial charge in [-0.05, 0) is 55.5 Å². The van der Waals surface area contributed by atoms with E-state index in [1.54, 1.807) is 14.2 Å². The van der Waals surface area contributed by atoms with E-state index >= 15 is 0 Å². The highest BCUT2D eigenvalue weighted by molar-refractivity contribution is 6.00. The van der Waals surface area contributed by atoms with E-state index in [1.807, 2.05) is 30.3 Å². The first-order valence-electron chi connectivity index (χ1n) is 11.7. The van der Waals surface area contributed by atoms with Crippen LogP contribution in [0.25, 0.3) is 0 Å². The summed E-state index contributed by atoms with van der Waals surface area (Å²) in [5.41, 5.74) is 3.31. The second-order valence-corrected chi connectivity index (χ2v) is 8.83. The molecule has 2 heterocycles. The number of amides is 2. The smallest absolute Gasteiger partial charge is 0.234 e. The van der Waals surface area contributed by atoms with Crippen LogP contribution in [0.1, 0.15) is 42.7 Å². The Kier molecular flexibility index (Phi) is 7.50. The summed E-state index contributed by atoms with van der Waals surface area (Å²) >= 11 is 0. The first kappa shape index (κ1) is 23.1. The number of rotatable bonds is 8. The first-order chi connectivity index (χ1) is 16.1. The van der Waals surface area contributed by atoms with Crippen molar-refractivity contribution < 1.29 is 19.1 Å². The highest BCUT2D eigenvalue weighted by atomic mass is 16.5. The van der Waals surface area contributed by atoms with Crippen LogP contribution in [0, 0.1) is 5.92 Å². The van der Waals surface area contributed by atoms with Gasteiger partial charge in [-0.3, -0.25) is 14.9 Å². The summed E-state index contributed by atoms with van der Waals surface area (Å²) in [5.74, 6) is 1.71. The SMILES string of the molecule is COc1ccc(CNCC2CCN(c3ccc(C4CCC(=O)NC4=O)cc3)CC2)c(OC)c1. The Morgan fingerprint density at radius 2 is 1.76 bits per heavy atom. The van der Waals surface area contributed by atoms with Gasteiger partial charge in [0, 0.05) is 43.4 Å². The molecule has 0 aliphatic carbocycles. The molecule has 33 heavy (non-hydrogen) atoms. The minimum atomic E-state index is -0.224. The number of carbonyl (C=O) groups excluding carboxylic acids is 2. The molecule has 2 aliphatic rings. The minimum Gasteiger partial charge on any atom is -0.497 e. The van der Waals surface area contributed by atoms with Crippen molar-refractivity contribution in [3.63, 3.8) is 0 Å². The van der Waals surface area contributed by atoms with Crippen LogP contribution >= 0.6 is 0 Å². The lowest BCUT2D eigenvalue weighted by Gasteiger charge is -2.34. The molecule has 2 fully saturated rings. The summed E-state index contributed by atoms with van der Waals surface area (Å²) < 4.78 is 10.8. The third-order valence-corrected chi connectivity index (χ3v) is 6.76. The molecule has 2 aromatic rings. The molecule has 0 aromatic heterocycles. The molecule has 2 aliphatic heterocycles. The number of nitrogens with zero attached hydrogens (tertiary/aromatic N) is 1. The molecule has 0 saturated carbocycles. The van der Waals surface area contributed by atoms with E-state index in [4.69, 9.17) is 9.47 Å². The van der Waals surface area contributed by atoms with Crippen LogP contribution in [0.2, 0.25) is 0 Å². The molecule has 2 aromatic carbocycles. The van der Waals surface area contributed by atoms with Gasteiger partial charge in [-0.25, -0.2) is 0 Å². The number of imide groups is 1. The summed E-state index contributed by atoms with van der Waals surface area (Å²) in [6.07, 6.45) is 3.28. The van der Waals surface area contributed by atoms with Crippen LogP contribution in [-0.2, 0) is 16.1 Å². The Bertz CT molecular complexity index is 968. The average molecular weight is 452 g/mol. The Hall–Kier alpha value is -3.06. The van der Waals surface area contributed by atoms with Gasteiger partial charge in [0.1, 0.15) is 11.5 Å². The maximum absolute atomic E-state index is 12.1. The fourth-order valence-electron chi connectivity index (χ4n) is 4.73. The van der Waals surface area contributed by atoms with Crippen molar-refractivity contribution in [1.29, 1.82) is 0 Å². The summed E-state index contributed by atoms with van der Waals surface area (Å²) in [4.78, 5) is 25.9. The number of carbonyl (C=O) groups is 2. The molecular weight excluding hydrogens is 418 g/mol. The molecule has 0 spiro atoms. The van der Waals surface area contributed by atoms with Gasteiger partial charge in [0.05, 0.1) is 20.1 Å². The van der Waals surface area contributed by atoms with Crippen molar-refractivity contribution in [3.8, 4) is 11.5 Å². The van der Waals surface area contributed by atoms with E-state index in [1.165, 1.54) is 5.69 Å². The lowest BCUT2D eigenvalue weighted by atomic mass is 9.90. The lowest BCUT2D eigenvalue weighted by Crippen LogP contribution is -2.39. The quantitative estimate of drug-likeness (QED) is 0.600. The highest BCUT2D eigenvalue weighted by Crippen LogP contribution is 2.29. The van der Waals surface area contributed by atoms with Gasteiger partial charge < -0.3 is 19.7 Å². The molecular formula is C26H33N3O4. The number of piperidine rings is 2. The van der Waals surface area contributed by atoms with Crippen LogP contribution in [0.15, 0.2) is 42.5 Å². The molecule has 2 N–H and O–H groups in total. The number of methoxy groups -OCH3 is 2. The second kappa shape index (κ2) is 10.7. The van der Waals surface area contributed by atoms with Crippen molar-refractivity contribution >= 4 is 17.5 Å². The fraction of sp³-hybridized carbons (Fsp3) is 0.462. The molecule has 1 atom stereocenters. The lowest BCUT2D eigenvalue weighted by molar-refractivity contribution is -0.134. The summed E-state index contributed by atoms with van der Waals surface area (Å²) in [5, 5.41) is 6.03. The predicted octanol–water partition coefficient (Wildman–Crippen LogP) is 3.23. The van der Waals surface area contributed by atoms with Crippen molar-refractivity contribution in [3.05, 3.63) is 53.6 Å². The normalized spacial score (nSPS) is 19.3. The van der Waals surface area contributed by atoms with Crippen LogP contribution in [-0.4, -0.2) is 45.7 Å². The minimum absolute atomic E-state index is 0.173. The van der Waals surface area contributed by atoms with Gasteiger partial charge >= 0.3 is 0 Å². The second-order valence-electron chi connectivity index (χ2n) is 8.83. The van der Waals surface area contributed by atoms with Crippen LogP contribution < -0.4 is 25.0 Å². The van der Waals surface area contributed by atoms with Crippen molar-refractivity contribution in [2.24, 2.45) is 5.92 Å². The summed E-state index contributed by atoms with van der Waals surface area (Å²) in [7, 11) is 3.34. The zero-order valence-corrected chi connectivity index (χ0v) is 19.4. The van der Waals surface area contributed by atoms with Crippen LogP contribution in [0.5, 0.6) is 11.5 Å².